The lowest BCUT2D eigenvalue weighted by molar-refractivity contribution is 0.0227. The molecule has 124 valence electrons. The molecule has 0 radical (unpaired) electrons. The van der Waals surface area contributed by atoms with Crippen LogP contribution in [-0.2, 0) is 0 Å². The van der Waals surface area contributed by atoms with Crippen LogP contribution in [0.25, 0.3) is 4.96 Å². The summed E-state index contributed by atoms with van der Waals surface area (Å²) in [6.45, 7) is 1.84. The van der Waals surface area contributed by atoms with Gasteiger partial charge in [0.05, 0.1) is 23.5 Å². The minimum Gasteiger partial charge on any atom is -0.393 e. The van der Waals surface area contributed by atoms with Gasteiger partial charge in [-0.05, 0) is 37.8 Å². The second-order valence-corrected chi connectivity index (χ2v) is 7.07. The number of aryl methyl sites for hydroxylation is 1. The second-order valence-electron chi connectivity index (χ2n) is 6.19. The van der Waals surface area contributed by atoms with E-state index in [1.165, 1.54) is 11.3 Å². The maximum absolute atomic E-state index is 12.9. The van der Waals surface area contributed by atoms with Crippen LogP contribution in [-0.4, -0.2) is 31.5 Å². The molecule has 3 aromatic heterocycles. The number of imidazole rings is 1. The lowest BCUT2D eigenvalue weighted by Gasteiger charge is -2.37. The minimum absolute atomic E-state index is 0.157. The first-order valence-corrected chi connectivity index (χ1v) is 8.83. The molecule has 3 heterocycles. The van der Waals surface area contributed by atoms with E-state index in [4.69, 9.17) is 0 Å². The smallest absolute Gasteiger partial charge is 0.270 e. The number of thiazole rings is 1. The van der Waals surface area contributed by atoms with Gasteiger partial charge in [-0.3, -0.25) is 14.2 Å². The highest BCUT2D eigenvalue weighted by Gasteiger charge is 2.37. The fourth-order valence-corrected chi connectivity index (χ4v) is 4.03. The van der Waals surface area contributed by atoms with E-state index in [-0.39, 0.29) is 24.0 Å². The van der Waals surface area contributed by atoms with Gasteiger partial charge in [-0.1, -0.05) is 6.07 Å². The van der Waals surface area contributed by atoms with E-state index in [0.29, 0.717) is 24.2 Å². The summed E-state index contributed by atoms with van der Waals surface area (Å²) in [5, 5.41) is 14.7. The highest BCUT2D eigenvalue weighted by Crippen LogP contribution is 2.37. The molecule has 7 heteroatoms. The molecule has 2 N–H and O–H groups in total. The fraction of sp³-hybridized carbons (Fsp3) is 0.353. The summed E-state index contributed by atoms with van der Waals surface area (Å²) < 4.78 is 1.82. The Kier molecular flexibility index (Phi) is 3.82. The van der Waals surface area contributed by atoms with E-state index in [0.717, 1.165) is 10.7 Å². The number of pyridine rings is 1. The number of carbonyl (C=O) groups excluding carboxylic acids is 1. The molecule has 1 aliphatic rings. The van der Waals surface area contributed by atoms with Crippen LogP contribution >= 0.6 is 11.3 Å². The Balaban J connectivity index is 1.63. The quantitative estimate of drug-likeness (QED) is 0.763. The Morgan fingerprint density at radius 1 is 1.46 bits per heavy atom. The van der Waals surface area contributed by atoms with Gasteiger partial charge in [0.2, 0.25) is 0 Å². The molecular formula is C17H18N4O2S. The van der Waals surface area contributed by atoms with E-state index in [9.17, 15) is 9.90 Å². The van der Waals surface area contributed by atoms with Crippen molar-refractivity contribution < 1.29 is 9.90 Å². The zero-order valence-corrected chi connectivity index (χ0v) is 14.0. The van der Waals surface area contributed by atoms with Crippen molar-refractivity contribution in [3.63, 3.8) is 0 Å². The lowest BCUT2D eigenvalue weighted by Crippen LogP contribution is -2.42. The molecule has 1 atom stereocenters. The monoisotopic (exact) mass is 342 g/mol. The van der Waals surface area contributed by atoms with E-state index in [2.05, 4.69) is 15.3 Å². The summed E-state index contributed by atoms with van der Waals surface area (Å²) in [6.07, 6.45) is 4.67. The van der Waals surface area contributed by atoms with Crippen LogP contribution in [0, 0.1) is 12.8 Å². The zero-order valence-electron chi connectivity index (χ0n) is 13.2. The predicted molar refractivity (Wildman–Crippen MR) is 91.0 cm³/mol. The van der Waals surface area contributed by atoms with E-state index >= 15 is 0 Å². The number of fused-ring (bicyclic) bond motifs is 1. The average molecular weight is 342 g/mol. The number of nitrogens with one attached hydrogen (secondary N) is 1. The van der Waals surface area contributed by atoms with Gasteiger partial charge in [-0.25, -0.2) is 4.98 Å². The molecular weight excluding hydrogens is 324 g/mol. The highest BCUT2D eigenvalue weighted by atomic mass is 32.1. The predicted octanol–water partition coefficient (Wildman–Crippen LogP) is 2.34. The van der Waals surface area contributed by atoms with E-state index in [1.54, 1.807) is 6.20 Å². The standard InChI is InChI=1S/C17H18N4O2S/c1-10-15(21-6-7-24-17(21)19-10)16(23)20-14(11-8-12(22)9-11)13-4-2-3-5-18-13/h2-7,11-12,14,22H,8-9H2,1H3,(H,20,23)/t11?,12?,14-/m1/s1. The molecule has 0 bridgehead atoms. The van der Waals surface area contributed by atoms with Gasteiger partial charge in [-0.15, -0.1) is 11.3 Å². The molecule has 1 amide bonds. The summed E-state index contributed by atoms with van der Waals surface area (Å²) in [5.41, 5.74) is 2.10. The highest BCUT2D eigenvalue weighted by molar-refractivity contribution is 7.15. The summed E-state index contributed by atoms with van der Waals surface area (Å²) in [7, 11) is 0. The summed E-state index contributed by atoms with van der Waals surface area (Å²) >= 11 is 1.50. The first-order chi connectivity index (χ1) is 11.6. The Morgan fingerprint density at radius 2 is 2.29 bits per heavy atom. The third kappa shape index (κ3) is 2.59. The van der Waals surface area contributed by atoms with Crippen LogP contribution in [0.4, 0.5) is 0 Å². The molecule has 1 saturated carbocycles. The Bertz CT molecular complexity index is 867. The largest absolute Gasteiger partial charge is 0.393 e. The van der Waals surface area contributed by atoms with Crippen LogP contribution in [0.5, 0.6) is 0 Å². The maximum Gasteiger partial charge on any atom is 0.270 e. The van der Waals surface area contributed by atoms with Crippen molar-refractivity contribution in [2.45, 2.75) is 31.9 Å². The molecule has 0 spiro atoms. The molecule has 1 fully saturated rings. The summed E-state index contributed by atoms with van der Waals surface area (Å²) in [5.74, 6) is 0.0421. The van der Waals surface area contributed by atoms with Crippen molar-refractivity contribution in [2.24, 2.45) is 5.92 Å². The van der Waals surface area contributed by atoms with Gasteiger partial charge < -0.3 is 10.4 Å². The van der Waals surface area contributed by atoms with Gasteiger partial charge in [0.15, 0.2) is 4.96 Å². The second kappa shape index (κ2) is 5.99. The van der Waals surface area contributed by atoms with Crippen molar-refractivity contribution in [1.29, 1.82) is 0 Å². The van der Waals surface area contributed by atoms with Gasteiger partial charge in [0, 0.05) is 17.8 Å². The van der Waals surface area contributed by atoms with Crippen LogP contribution in [0.3, 0.4) is 0 Å². The molecule has 0 aromatic carbocycles. The molecule has 3 aromatic rings. The number of nitrogens with zero attached hydrogens (tertiary/aromatic N) is 3. The van der Waals surface area contributed by atoms with Gasteiger partial charge in [0.25, 0.3) is 5.91 Å². The Labute approximate surface area is 143 Å². The Morgan fingerprint density at radius 3 is 3.00 bits per heavy atom. The topological polar surface area (TPSA) is 79.5 Å². The number of amides is 1. The first-order valence-electron chi connectivity index (χ1n) is 7.95. The van der Waals surface area contributed by atoms with E-state index in [1.807, 2.05) is 41.1 Å². The number of aliphatic hydroxyl groups is 1. The maximum atomic E-state index is 12.9. The average Bonchev–Trinajstić information content (AvgIpc) is 3.10. The van der Waals surface area contributed by atoms with Crippen molar-refractivity contribution in [2.75, 3.05) is 0 Å². The van der Waals surface area contributed by atoms with Crippen LogP contribution in [0.1, 0.15) is 40.8 Å². The number of aliphatic hydroxyl groups excluding tert-OH is 1. The molecule has 4 rings (SSSR count). The Hall–Kier alpha value is -2.25. The summed E-state index contributed by atoms with van der Waals surface area (Å²) in [6, 6.07) is 5.48. The molecule has 24 heavy (non-hydrogen) atoms. The van der Waals surface area contributed by atoms with Crippen molar-refractivity contribution in [3.8, 4) is 0 Å². The summed E-state index contributed by atoms with van der Waals surface area (Å²) in [4.78, 5) is 22.5. The zero-order chi connectivity index (χ0) is 16.7. The molecule has 0 aliphatic heterocycles. The third-order valence-electron chi connectivity index (χ3n) is 4.57. The lowest BCUT2D eigenvalue weighted by atomic mass is 9.76. The minimum atomic E-state index is -0.279. The first kappa shape index (κ1) is 15.3. The normalized spacial score (nSPS) is 21.4. The van der Waals surface area contributed by atoms with Crippen molar-refractivity contribution >= 4 is 22.2 Å². The molecule has 6 nitrogen and oxygen atoms in total. The SMILES string of the molecule is Cc1nc2sccn2c1C(=O)N[C@@H](c1ccccn1)C1CC(O)C1. The van der Waals surface area contributed by atoms with Crippen molar-refractivity contribution in [3.05, 3.63) is 53.1 Å². The van der Waals surface area contributed by atoms with Crippen LogP contribution < -0.4 is 5.32 Å². The molecule has 0 saturated heterocycles. The number of hydrogen-bond acceptors (Lipinski definition) is 5. The number of aromatic nitrogens is 3. The number of carbonyl (C=O) groups is 1. The molecule has 1 aliphatic carbocycles. The number of hydrogen-bond donors (Lipinski definition) is 2. The van der Waals surface area contributed by atoms with Gasteiger partial charge in [-0.2, -0.15) is 0 Å². The van der Waals surface area contributed by atoms with Gasteiger partial charge >= 0.3 is 0 Å². The van der Waals surface area contributed by atoms with Crippen LogP contribution in [0.15, 0.2) is 36.0 Å². The fourth-order valence-electron chi connectivity index (χ4n) is 3.27. The molecule has 0 unspecified atom stereocenters. The van der Waals surface area contributed by atoms with E-state index < -0.39 is 0 Å². The van der Waals surface area contributed by atoms with Crippen LogP contribution in [0.2, 0.25) is 0 Å². The van der Waals surface area contributed by atoms with Gasteiger partial charge in [0.1, 0.15) is 5.69 Å². The van der Waals surface area contributed by atoms with Crippen molar-refractivity contribution in [1.82, 2.24) is 19.7 Å². The third-order valence-corrected chi connectivity index (χ3v) is 5.32. The number of rotatable bonds is 4.